The number of fused-ring (bicyclic) bond motifs is 2. The second-order valence-corrected chi connectivity index (χ2v) is 13.3. The summed E-state index contributed by atoms with van der Waals surface area (Å²) in [5.41, 5.74) is -0.355. The van der Waals surface area contributed by atoms with Crippen LogP contribution in [0.25, 0.3) is 0 Å². The minimum atomic E-state index is -1.48. The summed E-state index contributed by atoms with van der Waals surface area (Å²) in [6.45, 7) is 1.76. The molecule has 0 radical (unpaired) electrons. The molecular formula is C34H35BrClN3O7. The second-order valence-electron chi connectivity index (χ2n) is 12.0. The van der Waals surface area contributed by atoms with E-state index in [0.717, 1.165) is 0 Å². The number of para-hydroxylation sites is 1. The number of cyclic esters (lactones) is 1. The molecule has 3 amide bonds. The zero-order valence-corrected chi connectivity index (χ0v) is 27.5. The summed E-state index contributed by atoms with van der Waals surface area (Å²) < 4.78 is 13.3. The number of amides is 3. The predicted molar refractivity (Wildman–Crippen MR) is 174 cm³/mol. The maximum absolute atomic E-state index is 14.8. The Morgan fingerprint density at radius 2 is 1.76 bits per heavy atom. The van der Waals surface area contributed by atoms with Crippen molar-refractivity contribution < 1.29 is 33.8 Å². The number of hydrogen-bond donors (Lipinski definition) is 2. The molecule has 46 heavy (non-hydrogen) atoms. The van der Waals surface area contributed by atoms with E-state index in [-0.39, 0.29) is 38.4 Å². The minimum absolute atomic E-state index is 0.0765. The van der Waals surface area contributed by atoms with E-state index in [1.54, 1.807) is 43.3 Å². The molecule has 0 unspecified atom stereocenters. The van der Waals surface area contributed by atoms with Crippen LogP contribution < -0.4 is 10.2 Å². The third kappa shape index (κ3) is 5.67. The fourth-order valence-corrected chi connectivity index (χ4v) is 8.07. The van der Waals surface area contributed by atoms with Crippen molar-refractivity contribution in [1.29, 1.82) is 0 Å². The number of benzene rings is 2. The lowest BCUT2D eigenvalue weighted by Gasteiger charge is -2.36. The highest BCUT2D eigenvalue weighted by Crippen LogP contribution is 2.59. The van der Waals surface area contributed by atoms with E-state index in [9.17, 15) is 24.3 Å². The minimum Gasteiger partial charge on any atom is -0.455 e. The Balaban J connectivity index is 1.47. The number of halogens is 2. The molecule has 1 spiro atoms. The summed E-state index contributed by atoms with van der Waals surface area (Å²) in [7, 11) is 0. The van der Waals surface area contributed by atoms with Gasteiger partial charge in [0.2, 0.25) is 11.8 Å². The van der Waals surface area contributed by atoms with Crippen molar-refractivity contribution in [3.63, 3.8) is 0 Å². The third-order valence-corrected chi connectivity index (χ3v) is 10.1. The van der Waals surface area contributed by atoms with Crippen LogP contribution in [0.1, 0.15) is 37.9 Å². The van der Waals surface area contributed by atoms with Crippen LogP contribution in [-0.4, -0.2) is 77.2 Å². The van der Waals surface area contributed by atoms with E-state index in [2.05, 4.69) is 21.2 Å². The number of rotatable bonds is 5. The van der Waals surface area contributed by atoms with Gasteiger partial charge in [-0.05, 0) is 43.5 Å². The number of esters is 1. The second kappa shape index (κ2) is 13.3. The standard InChI is InChI=1S/C34H35BrClN3O7/c1-20-28(21-11-4-2-5-12-21)45-33(44)26-27-31(42)39(17-10-18-40)30(34(27)19-22(35)29(26)46-34)32(43)38(24-14-8-7-13-23(24)36)16-9-3-6-15-25(41)37-20/h2-5,7-9,11-14,19-20,26-30,40H,6,10,15-18H2,1H3,(H,37,41)/b9-3-/t20-,26+,27-,28+,29+,30+,34-/m0/s1. The molecule has 2 saturated heterocycles. The number of carbonyl (C=O) groups excluding carboxylic acids is 4. The maximum Gasteiger partial charge on any atom is 0.313 e. The van der Waals surface area contributed by atoms with Crippen LogP contribution in [0.15, 0.2) is 77.3 Å². The molecular weight excluding hydrogens is 678 g/mol. The first kappa shape index (κ1) is 32.4. The molecule has 2 aromatic rings. The first-order valence-corrected chi connectivity index (χ1v) is 16.6. The van der Waals surface area contributed by atoms with Gasteiger partial charge in [0, 0.05) is 30.6 Å². The Morgan fingerprint density at radius 3 is 2.50 bits per heavy atom. The average molecular weight is 713 g/mol. The highest BCUT2D eigenvalue weighted by molar-refractivity contribution is 9.11. The molecule has 0 saturated carbocycles. The van der Waals surface area contributed by atoms with Gasteiger partial charge in [0.15, 0.2) is 0 Å². The van der Waals surface area contributed by atoms with Crippen LogP contribution in [0.5, 0.6) is 0 Å². The van der Waals surface area contributed by atoms with Crippen molar-refractivity contribution in [3.05, 3.63) is 87.9 Å². The van der Waals surface area contributed by atoms with Crippen molar-refractivity contribution in [3.8, 4) is 0 Å². The van der Waals surface area contributed by atoms with Crippen LogP contribution in [0.2, 0.25) is 5.02 Å². The molecule has 4 aliphatic rings. The molecule has 0 aromatic heterocycles. The van der Waals surface area contributed by atoms with Crippen molar-refractivity contribution in [2.75, 3.05) is 24.6 Å². The molecule has 7 atom stereocenters. The summed E-state index contributed by atoms with van der Waals surface area (Å²) in [4.78, 5) is 59.2. The first-order chi connectivity index (χ1) is 22.2. The van der Waals surface area contributed by atoms with Crippen molar-refractivity contribution >= 4 is 56.9 Å². The van der Waals surface area contributed by atoms with Gasteiger partial charge >= 0.3 is 5.97 Å². The number of anilines is 1. The number of allylic oxidation sites excluding steroid dienone is 1. The molecule has 10 nitrogen and oxygen atoms in total. The fourth-order valence-electron chi connectivity index (χ4n) is 7.09. The third-order valence-electron chi connectivity index (χ3n) is 9.11. The summed E-state index contributed by atoms with van der Waals surface area (Å²) in [5.74, 6) is -3.90. The predicted octanol–water partition coefficient (Wildman–Crippen LogP) is 4.07. The molecule has 242 valence electrons. The Morgan fingerprint density at radius 1 is 1.02 bits per heavy atom. The summed E-state index contributed by atoms with van der Waals surface area (Å²) in [6, 6.07) is 14.3. The van der Waals surface area contributed by atoms with E-state index < -0.39 is 59.5 Å². The largest absolute Gasteiger partial charge is 0.455 e. The lowest BCUT2D eigenvalue weighted by molar-refractivity contribution is -0.161. The summed E-state index contributed by atoms with van der Waals surface area (Å²) in [5, 5.41) is 13.0. The van der Waals surface area contributed by atoms with Gasteiger partial charge in [0.05, 0.1) is 22.7 Å². The molecule has 0 aliphatic carbocycles. The zero-order valence-electron chi connectivity index (χ0n) is 25.2. The molecule has 4 aliphatic heterocycles. The summed E-state index contributed by atoms with van der Waals surface area (Å²) >= 11 is 10.2. The highest BCUT2D eigenvalue weighted by atomic mass is 79.9. The van der Waals surface area contributed by atoms with E-state index in [1.165, 1.54) is 9.80 Å². The van der Waals surface area contributed by atoms with Gasteiger partial charge in [-0.1, -0.05) is 82.1 Å². The maximum atomic E-state index is 14.8. The van der Waals surface area contributed by atoms with E-state index >= 15 is 0 Å². The van der Waals surface area contributed by atoms with Crippen molar-refractivity contribution in [2.45, 2.75) is 56.1 Å². The zero-order chi connectivity index (χ0) is 32.6. The van der Waals surface area contributed by atoms with Gasteiger partial charge in [-0.3, -0.25) is 19.2 Å². The smallest absolute Gasteiger partial charge is 0.313 e. The van der Waals surface area contributed by atoms with Gasteiger partial charge in [-0.15, -0.1) is 0 Å². The van der Waals surface area contributed by atoms with Gasteiger partial charge in [0.1, 0.15) is 29.8 Å². The molecule has 2 fully saturated rings. The van der Waals surface area contributed by atoms with Crippen LogP contribution >= 0.6 is 27.5 Å². The molecule has 2 aromatic carbocycles. The number of ether oxygens (including phenoxy) is 2. The lowest BCUT2D eigenvalue weighted by atomic mass is 9.74. The molecule has 6 rings (SSSR count). The number of nitrogens with one attached hydrogen (secondary N) is 1. The molecule has 4 heterocycles. The van der Waals surface area contributed by atoms with Crippen molar-refractivity contribution in [1.82, 2.24) is 10.2 Å². The van der Waals surface area contributed by atoms with Crippen LogP contribution in [0.3, 0.4) is 0 Å². The van der Waals surface area contributed by atoms with Crippen LogP contribution in [-0.2, 0) is 28.7 Å². The highest BCUT2D eigenvalue weighted by Gasteiger charge is 2.75. The number of nitrogens with zero attached hydrogens (tertiary/aromatic N) is 2. The molecule has 5 bridgehead atoms. The number of aliphatic hydroxyl groups is 1. The quantitative estimate of drug-likeness (QED) is 0.354. The number of hydrogen-bond acceptors (Lipinski definition) is 7. The van der Waals surface area contributed by atoms with E-state index in [1.807, 2.05) is 36.4 Å². The normalized spacial score (nSPS) is 32.2. The van der Waals surface area contributed by atoms with Crippen LogP contribution in [0, 0.1) is 11.8 Å². The van der Waals surface area contributed by atoms with Gasteiger partial charge in [-0.25, -0.2) is 0 Å². The lowest BCUT2D eigenvalue weighted by Crippen LogP contribution is -2.56. The molecule has 2 N–H and O–H groups in total. The number of likely N-dealkylation sites (tertiary alicyclic amines) is 1. The molecule has 12 heteroatoms. The Bertz CT molecular complexity index is 1590. The van der Waals surface area contributed by atoms with E-state index in [0.29, 0.717) is 27.2 Å². The van der Waals surface area contributed by atoms with Gasteiger partial charge in [-0.2, -0.15) is 0 Å². The monoisotopic (exact) mass is 711 g/mol. The number of carbonyl (C=O) groups is 4. The van der Waals surface area contributed by atoms with Crippen LogP contribution in [0.4, 0.5) is 5.69 Å². The summed E-state index contributed by atoms with van der Waals surface area (Å²) in [6.07, 6.45) is 4.45. The Hall–Kier alpha value is -3.51. The topological polar surface area (TPSA) is 125 Å². The average Bonchev–Trinajstić information content (AvgIpc) is 3.63. The Kier molecular flexibility index (Phi) is 9.38. The number of aliphatic hydroxyl groups excluding tert-OH is 1. The first-order valence-electron chi connectivity index (χ1n) is 15.4. The van der Waals surface area contributed by atoms with Gasteiger partial charge < -0.3 is 29.7 Å². The van der Waals surface area contributed by atoms with E-state index in [4.69, 9.17) is 21.1 Å². The van der Waals surface area contributed by atoms with Gasteiger partial charge in [0.25, 0.3) is 5.91 Å². The van der Waals surface area contributed by atoms with Crippen molar-refractivity contribution in [2.24, 2.45) is 11.8 Å². The fraction of sp³-hybridized carbons (Fsp3) is 0.412. The SMILES string of the molecule is C[C@@H]1NC(=O)CC/C=C\CN(c2ccccc2Cl)C(=O)[C@H]2N(CCCO)C(=O)[C@@H]3[C@@H](C(=O)O[C@H]1c1ccccc1)[C@@H]1O[C@@]32C=C1Br. The Labute approximate surface area is 280 Å².